The number of benzene rings is 1. The number of phenols is 1. The van der Waals surface area contributed by atoms with E-state index in [0.29, 0.717) is 0 Å². The van der Waals surface area contributed by atoms with Gasteiger partial charge in [0.05, 0.1) is 0 Å². The van der Waals surface area contributed by atoms with Crippen LogP contribution >= 0.6 is 0 Å². The summed E-state index contributed by atoms with van der Waals surface area (Å²) in [6, 6.07) is 3.06. The summed E-state index contributed by atoms with van der Waals surface area (Å²) in [5.41, 5.74) is -0.429. The quantitative estimate of drug-likeness (QED) is 0.569. The van der Waals surface area contributed by atoms with Crippen LogP contribution in [0, 0.1) is 0 Å². The molecule has 4 N–H and O–H groups in total. The molecule has 1 unspecified atom stereocenters. The Kier molecular flexibility index (Phi) is 2.91. The van der Waals surface area contributed by atoms with E-state index in [1.165, 1.54) is 0 Å². The smallest absolute Gasteiger partial charge is 0.339 e. The fourth-order valence-corrected chi connectivity index (χ4v) is 1.04. The van der Waals surface area contributed by atoms with E-state index in [2.05, 4.69) is 0 Å². The number of carboxylic acid groups (broad SMARTS) is 2. The second-order valence-corrected chi connectivity index (χ2v) is 2.82. The third-order valence-corrected chi connectivity index (χ3v) is 1.80. The number of carboxylic acids is 2. The Labute approximate surface area is 84.0 Å². The Morgan fingerprint density at radius 2 is 1.80 bits per heavy atom. The molecule has 1 atom stereocenters. The average molecular weight is 212 g/mol. The first-order chi connectivity index (χ1) is 6.93. The molecule has 80 valence electrons. The molecule has 0 aliphatic heterocycles. The Morgan fingerprint density at radius 3 is 2.20 bits per heavy atom. The SMILES string of the molecule is O=C(O)c1ccc(C(O)C(=O)O)cc1O. The first-order valence-electron chi connectivity index (χ1n) is 3.90. The van der Waals surface area contributed by atoms with Crippen molar-refractivity contribution in [2.24, 2.45) is 0 Å². The van der Waals surface area contributed by atoms with E-state index in [-0.39, 0.29) is 11.1 Å². The van der Waals surface area contributed by atoms with Gasteiger partial charge in [-0.25, -0.2) is 9.59 Å². The van der Waals surface area contributed by atoms with Gasteiger partial charge in [0.1, 0.15) is 11.3 Å². The summed E-state index contributed by atoms with van der Waals surface area (Å²) in [5, 5.41) is 35.3. The predicted molar refractivity (Wildman–Crippen MR) is 47.7 cm³/mol. The second kappa shape index (κ2) is 3.97. The third kappa shape index (κ3) is 2.23. The van der Waals surface area contributed by atoms with Crippen LogP contribution in [0.1, 0.15) is 22.0 Å². The van der Waals surface area contributed by atoms with E-state index in [1.807, 2.05) is 0 Å². The van der Waals surface area contributed by atoms with Crippen LogP contribution in [0.5, 0.6) is 5.75 Å². The normalized spacial score (nSPS) is 12.1. The number of carbonyl (C=O) groups is 2. The molecule has 0 aromatic heterocycles. The summed E-state index contributed by atoms with van der Waals surface area (Å²) in [6.07, 6.45) is -1.78. The summed E-state index contributed by atoms with van der Waals surface area (Å²) >= 11 is 0. The van der Waals surface area contributed by atoms with Gasteiger partial charge in [-0.1, -0.05) is 6.07 Å². The number of aliphatic hydroxyl groups is 1. The maximum Gasteiger partial charge on any atom is 0.339 e. The Bertz CT molecular complexity index is 411. The molecular weight excluding hydrogens is 204 g/mol. The van der Waals surface area contributed by atoms with Crippen LogP contribution in [-0.4, -0.2) is 32.4 Å². The van der Waals surface area contributed by atoms with Gasteiger partial charge >= 0.3 is 11.9 Å². The minimum atomic E-state index is -1.78. The number of hydrogen-bond donors (Lipinski definition) is 4. The highest BCUT2D eigenvalue weighted by atomic mass is 16.4. The molecule has 0 radical (unpaired) electrons. The molecular formula is C9H8O6. The molecule has 1 aromatic rings. The molecule has 0 aliphatic rings. The van der Waals surface area contributed by atoms with Crippen LogP contribution in [0.25, 0.3) is 0 Å². The molecule has 15 heavy (non-hydrogen) atoms. The average Bonchev–Trinajstić information content (AvgIpc) is 2.15. The van der Waals surface area contributed by atoms with Gasteiger partial charge in [0.2, 0.25) is 0 Å². The highest BCUT2D eigenvalue weighted by Crippen LogP contribution is 2.22. The van der Waals surface area contributed by atoms with Gasteiger partial charge in [0.25, 0.3) is 0 Å². The number of aromatic hydroxyl groups is 1. The summed E-state index contributed by atoms with van der Waals surface area (Å²) in [4.78, 5) is 20.9. The van der Waals surface area contributed by atoms with Crippen LogP contribution in [0.4, 0.5) is 0 Å². The first kappa shape index (κ1) is 11.0. The van der Waals surface area contributed by atoms with Crippen molar-refractivity contribution >= 4 is 11.9 Å². The molecule has 0 heterocycles. The van der Waals surface area contributed by atoms with Crippen molar-refractivity contribution in [3.63, 3.8) is 0 Å². The van der Waals surface area contributed by atoms with Crippen LogP contribution in [0.15, 0.2) is 18.2 Å². The zero-order valence-corrected chi connectivity index (χ0v) is 7.41. The van der Waals surface area contributed by atoms with Crippen molar-refractivity contribution in [1.82, 2.24) is 0 Å². The summed E-state index contributed by atoms with van der Waals surface area (Å²) < 4.78 is 0. The van der Waals surface area contributed by atoms with Crippen LogP contribution in [0.3, 0.4) is 0 Å². The zero-order chi connectivity index (χ0) is 11.6. The lowest BCUT2D eigenvalue weighted by atomic mass is 10.1. The molecule has 1 rings (SSSR count). The fraction of sp³-hybridized carbons (Fsp3) is 0.111. The van der Waals surface area contributed by atoms with Gasteiger partial charge in [-0.05, 0) is 17.7 Å². The molecule has 6 nitrogen and oxygen atoms in total. The Hall–Kier alpha value is -2.08. The second-order valence-electron chi connectivity index (χ2n) is 2.82. The van der Waals surface area contributed by atoms with E-state index >= 15 is 0 Å². The largest absolute Gasteiger partial charge is 0.507 e. The summed E-state index contributed by atoms with van der Waals surface area (Å²) in [7, 11) is 0. The lowest BCUT2D eigenvalue weighted by Gasteiger charge is -2.07. The summed E-state index contributed by atoms with van der Waals surface area (Å²) in [6.45, 7) is 0. The minimum Gasteiger partial charge on any atom is -0.507 e. The molecule has 6 heteroatoms. The number of aromatic carboxylic acids is 1. The van der Waals surface area contributed by atoms with Crippen molar-refractivity contribution < 1.29 is 30.0 Å². The molecule has 1 aromatic carbocycles. The number of aliphatic hydroxyl groups excluding tert-OH is 1. The fourth-order valence-electron chi connectivity index (χ4n) is 1.04. The van der Waals surface area contributed by atoms with Crippen LogP contribution < -0.4 is 0 Å². The van der Waals surface area contributed by atoms with E-state index < -0.39 is 23.8 Å². The lowest BCUT2D eigenvalue weighted by Crippen LogP contribution is -2.10. The van der Waals surface area contributed by atoms with Crippen molar-refractivity contribution in [2.75, 3.05) is 0 Å². The molecule has 0 saturated heterocycles. The van der Waals surface area contributed by atoms with E-state index in [4.69, 9.17) is 15.3 Å². The third-order valence-electron chi connectivity index (χ3n) is 1.80. The standard InChI is InChI=1S/C9H8O6/c10-6-3-4(7(11)9(14)15)1-2-5(6)8(12)13/h1-3,7,10-11H,(H,12,13)(H,14,15). The first-order valence-corrected chi connectivity index (χ1v) is 3.90. The molecule has 0 spiro atoms. The summed E-state index contributed by atoms with van der Waals surface area (Å²) in [5.74, 6) is -3.39. The molecule has 0 aliphatic carbocycles. The van der Waals surface area contributed by atoms with Gasteiger partial charge in [-0.3, -0.25) is 0 Å². The van der Waals surface area contributed by atoms with Crippen molar-refractivity contribution in [3.05, 3.63) is 29.3 Å². The van der Waals surface area contributed by atoms with Gasteiger partial charge in [-0.15, -0.1) is 0 Å². The molecule has 0 amide bonds. The number of rotatable bonds is 3. The van der Waals surface area contributed by atoms with Crippen molar-refractivity contribution in [1.29, 1.82) is 0 Å². The van der Waals surface area contributed by atoms with E-state index in [9.17, 15) is 14.7 Å². The van der Waals surface area contributed by atoms with E-state index in [1.54, 1.807) is 0 Å². The van der Waals surface area contributed by atoms with E-state index in [0.717, 1.165) is 18.2 Å². The highest BCUT2D eigenvalue weighted by molar-refractivity contribution is 5.91. The van der Waals surface area contributed by atoms with Gasteiger partial charge in [0, 0.05) is 0 Å². The number of aliphatic carboxylic acids is 1. The number of hydrogen-bond acceptors (Lipinski definition) is 4. The zero-order valence-electron chi connectivity index (χ0n) is 7.41. The van der Waals surface area contributed by atoms with Crippen molar-refractivity contribution in [2.45, 2.75) is 6.10 Å². The monoisotopic (exact) mass is 212 g/mol. The van der Waals surface area contributed by atoms with Gasteiger partial charge in [-0.2, -0.15) is 0 Å². The predicted octanol–water partition coefficient (Wildman–Crippen LogP) is 0.208. The Balaban J connectivity index is 3.12. The maximum absolute atomic E-state index is 10.5. The maximum atomic E-state index is 10.5. The Morgan fingerprint density at radius 1 is 1.20 bits per heavy atom. The molecule has 0 saturated carbocycles. The molecule has 0 bridgehead atoms. The minimum absolute atomic E-state index is 0.0787. The van der Waals surface area contributed by atoms with Crippen molar-refractivity contribution in [3.8, 4) is 5.75 Å². The lowest BCUT2D eigenvalue weighted by molar-refractivity contribution is -0.146. The topological polar surface area (TPSA) is 115 Å². The van der Waals surface area contributed by atoms with Gasteiger partial charge < -0.3 is 20.4 Å². The highest BCUT2D eigenvalue weighted by Gasteiger charge is 2.18. The van der Waals surface area contributed by atoms with Crippen LogP contribution in [-0.2, 0) is 4.79 Å². The van der Waals surface area contributed by atoms with Gasteiger partial charge in [0.15, 0.2) is 6.10 Å². The van der Waals surface area contributed by atoms with Crippen LogP contribution in [0.2, 0.25) is 0 Å². The molecule has 0 fully saturated rings.